The van der Waals surface area contributed by atoms with Gasteiger partial charge in [0.25, 0.3) is 13.2 Å². The van der Waals surface area contributed by atoms with Gasteiger partial charge in [0.15, 0.2) is 0 Å². The first-order chi connectivity index (χ1) is 15.6. The maximum atomic E-state index is 14.6. The largest absolute Gasteiger partial charge is 0.322 e. The molecule has 2 N–H and O–H groups in total. The van der Waals surface area contributed by atoms with Gasteiger partial charge in [-0.05, 0) is 49.6 Å². The lowest BCUT2D eigenvalue weighted by atomic mass is 9.87. The molecule has 1 aromatic heterocycles. The molecule has 1 heterocycles. The highest BCUT2D eigenvalue weighted by molar-refractivity contribution is 9.10. The average Bonchev–Trinajstić information content (AvgIpc) is 2.78. The number of nitrogen functional groups attached to an aromatic ring is 1. The number of rotatable bonds is 6. The molecule has 2 aromatic carbocycles. The van der Waals surface area contributed by atoms with Crippen LogP contribution in [0.2, 0.25) is 0 Å². The van der Waals surface area contributed by atoms with Crippen molar-refractivity contribution in [3.8, 4) is 11.8 Å². The third-order valence-corrected chi connectivity index (χ3v) is 9.34. The molecule has 172 valence electrons. The van der Waals surface area contributed by atoms with Gasteiger partial charge in [0, 0.05) is 15.2 Å². The predicted molar refractivity (Wildman–Crippen MR) is 140 cm³/mol. The summed E-state index contributed by atoms with van der Waals surface area (Å²) in [6, 6.07) is 19.2. The predicted octanol–water partition coefficient (Wildman–Crippen LogP) is 5.46. The van der Waals surface area contributed by atoms with Gasteiger partial charge in [-0.1, -0.05) is 54.9 Å². The second-order valence-corrected chi connectivity index (χ2v) is 12.5. The van der Waals surface area contributed by atoms with Crippen molar-refractivity contribution in [2.45, 2.75) is 38.0 Å². The van der Waals surface area contributed by atoms with Crippen LogP contribution in [0.5, 0.6) is 0 Å². The zero-order chi connectivity index (χ0) is 24.4. The summed E-state index contributed by atoms with van der Waals surface area (Å²) in [5.41, 5.74) is 8.46. The number of pyridine rings is 1. The van der Waals surface area contributed by atoms with E-state index in [0.717, 1.165) is 15.9 Å². The molecule has 0 spiro atoms. The van der Waals surface area contributed by atoms with E-state index in [2.05, 4.69) is 22.0 Å². The fourth-order valence-electron chi connectivity index (χ4n) is 3.91. The standard InChI is InChI=1S/C25H27BrN3O2PS/c1-6-31-32(30,19-10-8-7-9-11-19)21-22(33-5)20(16-27)23(25(2,3)4)29(24(21)28)18-14-12-17(26)13-15-18/h7-15,28H,6H2,1-5H3/p+1. The monoisotopic (exact) mass is 544 g/mol. The summed E-state index contributed by atoms with van der Waals surface area (Å²) in [4.78, 5) is 0.592. The minimum atomic E-state index is -3.61. The molecule has 0 saturated heterocycles. The topological polar surface area (TPSA) is 80.0 Å². The number of nitriles is 1. The number of hydrogen-bond donors (Lipinski definition) is 1. The number of nitrogens with zero attached hydrogens (tertiary/aromatic N) is 2. The van der Waals surface area contributed by atoms with Crippen molar-refractivity contribution in [3.63, 3.8) is 0 Å². The van der Waals surface area contributed by atoms with Gasteiger partial charge in [-0.3, -0.25) is 10.3 Å². The van der Waals surface area contributed by atoms with Gasteiger partial charge >= 0.3 is 0 Å². The lowest BCUT2D eigenvalue weighted by Gasteiger charge is -2.28. The number of aromatic nitrogens is 1. The van der Waals surface area contributed by atoms with Crippen molar-refractivity contribution < 1.29 is 13.7 Å². The van der Waals surface area contributed by atoms with Crippen LogP contribution in [0.25, 0.3) is 5.69 Å². The molecular weight excluding hydrogens is 517 g/mol. The number of hydrogen-bond acceptors (Lipinski definition) is 5. The molecular formula is C25H28BrN3O2PS+. The van der Waals surface area contributed by atoms with E-state index in [1.165, 1.54) is 11.8 Å². The molecule has 33 heavy (non-hydrogen) atoms. The van der Waals surface area contributed by atoms with Gasteiger partial charge in [0.05, 0.1) is 11.5 Å². The van der Waals surface area contributed by atoms with Gasteiger partial charge < -0.3 is 4.52 Å². The second-order valence-electron chi connectivity index (χ2n) is 8.47. The zero-order valence-corrected chi connectivity index (χ0v) is 22.7. The lowest BCUT2D eigenvalue weighted by Crippen LogP contribution is -2.49. The Labute approximate surface area is 208 Å². The van der Waals surface area contributed by atoms with Crippen LogP contribution in [-0.4, -0.2) is 12.9 Å². The number of anilines is 1. The maximum absolute atomic E-state index is 14.6. The molecule has 8 heteroatoms. The molecule has 3 rings (SSSR count). The first kappa shape index (κ1) is 25.5. The summed E-state index contributed by atoms with van der Waals surface area (Å²) in [5, 5.41) is 11.3. The molecule has 0 aliphatic rings. The smallest absolute Gasteiger partial charge is 0.292 e. The number of benzene rings is 2. The Kier molecular flexibility index (Phi) is 7.76. The van der Waals surface area contributed by atoms with Crippen molar-refractivity contribution in [2.75, 3.05) is 18.6 Å². The van der Waals surface area contributed by atoms with Crippen LogP contribution in [0.15, 0.2) is 64.0 Å². The molecule has 0 amide bonds. The van der Waals surface area contributed by atoms with E-state index in [0.29, 0.717) is 26.9 Å². The highest BCUT2D eigenvalue weighted by Gasteiger charge is 2.43. The first-order valence-corrected chi connectivity index (χ1v) is 14.2. The fraction of sp³-hybridized carbons (Fsp3) is 0.280. The second kappa shape index (κ2) is 10.0. The molecule has 0 aliphatic heterocycles. The summed E-state index contributed by atoms with van der Waals surface area (Å²) in [6.07, 6.45) is 1.87. The summed E-state index contributed by atoms with van der Waals surface area (Å²) in [6.45, 7) is 8.17. The summed E-state index contributed by atoms with van der Waals surface area (Å²) < 4.78 is 23.4. The highest BCUT2D eigenvalue weighted by atomic mass is 79.9. The van der Waals surface area contributed by atoms with Crippen LogP contribution in [-0.2, 0) is 14.5 Å². The van der Waals surface area contributed by atoms with Gasteiger partial charge in [-0.2, -0.15) is 9.83 Å². The molecule has 0 aliphatic carbocycles. The van der Waals surface area contributed by atoms with E-state index in [1.807, 2.05) is 81.0 Å². The lowest BCUT2D eigenvalue weighted by molar-refractivity contribution is -0.592. The molecule has 1 atom stereocenters. The van der Waals surface area contributed by atoms with E-state index < -0.39 is 12.8 Å². The van der Waals surface area contributed by atoms with Crippen molar-refractivity contribution in [1.29, 1.82) is 5.26 Å². The average molecular weight is 545 g/mol. The van der Waals surface area contributed by atoms with Crippen LogP contribution in [0.4, 0.5) is 5.82 Å². The Morgan fingerprint density at radius 3 is 2.24 bits per heavy atom. The van der Waals surface area contributed by atoms with Crippen LogP contribution in [0.1, 0.15) is 39.0 Å². The third-order valence-electron chi connectivity index (χ3n) is 5.20. The van der Waals surface area contributed by atoms with E-state index in [9.17, 15) is 9.83 Å². The van der Waals surface area contributed by atoms with Crippen molar-refractivity contribution >= 4 is 51.5 Å². The Hall–Kier alpha value is -2.10. The molecule has 0 saturated carbocycles. The van der Waals surface area contributed by atoms with E-state index in [1.54, 1.807) is 12.1 Å². The molecule has 5 nitrogen and oxygen atoms in total. The molecule has 0 bridgehead atoms. The van der Waals surface area contributed by atoms with Crippen LogP contribution < -0.4 is 20.9 Å². The van der Waals surface area contributed by atoms with E-state index in [-0.39, 0.29) is 6.61 Å². The zero-order valence-electron chi connectivity index (χ0n) is 19.4. The first-order valence-electron chi connectivity index (χ1n) is 10.5. The quantitative estimate of drug-likeness (QED) is 0.253. The van der Waals surface area contributed by atoms with E-state index >= 15 is 0 Å². The van der Waals surface area contributed by atoms with Crippen LogP contribution in [0.3, 0.4) is 0 Å². The summed E-state index contributed by atoms with van der Waals surface area (Å²) in [7, 11) is -3.61. The van der Waals surface area contributed by atoms with Crippen molar-refractivity contribution in [3.05, 3.63) is 70.3 Å². The molecule has 0 fully saturated rings. The fourth-order valence-corrected chi connectivity index (χ4v) is 7.70. The Morgan fingerprint density at radius 1 is 1.15 bits per heavy atom. The minimum Gasteiger partial charge on any atom is -0.322 e. The Morgan fingerprint density at radius 2 is 1.76 bits per heavy atom. The number of nitrogens with two attached hydrogens (primary N) is 1. The van der Waals surface area contributed by atoms with Gasteiger partial charge in [0.1, 0.15) is 28.3 Å². The highest BCUT2D eigenvalue weighted by Crippen LogP contribution is 2.49. The van der Waals surface area contributed by atoms with Gasteiger partial charge in [-0.15, -0.1) is 11.8 Å². The molecule has 1 unspecified atom stereocenters. The van der Waals surface area contributed by atoms with E-state index in [4.69, 9.17) is 10.3 Å². The normalized spacial score (nSPS) is 13.4. The molecule has 0 radical (unpaired) electrons. The number of thioether (sulfide) groups is 1. The Bertz CT molecular complexity index is 1250. The third kappa shape index (κ3) is 4.76. The van der Waals surface area contributed by atoms with Crippen LogP contribution >= 0.6 is 35.1 Å². The summed E-state index contributed by atoms with van der Waals surface area (Å²) >= 11 is 4.85. The van der Waals surface area contributed by atoms with Gasteiger partial charge in [0.2, 0.25) is 0 Å². The minimum absolute atomic E-state index is 0.237. The maximum Gasteiger partial charge on any atom is 0.292 e. The van der Waals surface area contributed by atoms with Crippen LogP contribution in [0, 0.1) is 11.3 Å². The van der Waals surface area contributed by atoms with Crippen molar-refractivity contribution in [2.24, 2.45) is 0 Å². The number of halogens is 1. The Balaban J connectivity index is 2.58. The van der Waals surface area contributed by atoms with Crippen molar-refractivity contribution in [1.82, 2.24) is 0 Å². The SMILES string of the molecule is CCOP(=O)(c1ccccc1)c1c(SC)c(C#N)c(C(C)(C)C)[n+](-c2ccc(Br)cc2)c1N. The molecule has 3 aromatic rings. The van der Waals surface area contributed by atoms with Gasteiger partial charge in [-0.25, -0.2) is 0 Å². The summed E-state index contributed by atoms with van der Waals surface area (Å²) in [5.74, 6) is 0.311.